The summed E-state index contributed by atoms with van der Waals surface area (Å²) in [6, 6.07) is 0. The van der Waals surface area contributed by atoms with Gasteiger partial charge in [0.1, 0.15) is 5.60 Å². The predicted octanol–water partition coefficient (Wildman–Crippen LogP) is 0.389. The number of nitrogens with two attached hydrogens (primary N) is 1. The first-order valence-electron chi connectivity index (χ1n) is 4.96. The Morgan fingerprint density at radius 1 is 1.24 bits per heavy atom. The first-order chi connectivity index (χ1) is 7.69. The van der Waals surface area contributed by atoms with Crippen LogP contribution in [0.4, 0.5) is 4.79 Å². The first-order valence-corrected chi connectivity index (χ1v) is 4.96. The van der Waals surface area contributed by atoms with Gasteiger partial charge in [0, 0.05) is 12.2 Å². The minimum atomic E-state index is -0.793. The van der Waals surface area contributed by atoms with Crippen molar-refractivity contribution >= 4 is 17.7 Å². The molecule has 0 radical (unpaired) electrons. The molecule has 6 heteroatoms. The van der Waals surface area contributed by atoms with Gasteiger partial charge in [-0.25, -0.2) is 4.79 Å². The van der Waals surface area contributed by atoms with E-state index in [1.54, 1.807) is 20.8 Å². The molecule has 0 saturated carbocycles. The fourth-order valence-electron chi connectivity index (χ4n) is 1.09. The molecule has 0 bridgehead atoms. The Morgan fingerprint density at radius 3 is 2.35 bits per heavy atom. The Kier molecular flexibility index (Phi) is 3.36. The van der Waals surface area contributed by atoms with E-state index in [-0.39, 0.29) is 11.4 Å². The fraction of sp³-hybridized carbons (Fsp3) is 0.364. The SMILES string of the molecule is CC(C)(C)OC(=O)NC1=CC(=O)C(N)=CC1=O. The molecule has 0 unspecified atom stereocenters. The molecule has 1 rings (SSSR count). The van der Waals surface area contributed by atoms with E-state index in [2.05, 4.69) is 5.32 Å². The van der Waals surface area contributed by atoms with Gasteiger partial charge in [0.05, 0.1) is 11.4 Å². The number of ketones is 2. The molecular formula is C11H14N2O4. The number of carbonyl (C=O) groups excluding carboxylic acids is 3. The van der Waals surface area contributed by atoms with Gasteiger partial charge in [-0.1, -0.05) is 0 Å². The van der Waals surface area contributed by atoms with Crippen LogP contribution in [0.25, 0.3) is 0 Å². The van der Waals surface area contributed by atoms with Crippen LogP contribution >= 0.6 is 0 Å². The minimum absolute atomic E-state index is 0.140. The van der Waals surface area contributed by atoms with Gasteiger partial charge in [-0.3, -0.25) is 14.9 Å². The molecule has 0 aromatic carbocycles. The molecule has 1 amide bonds. The summed E-state index contributed by atoms with van der Waals surface area (Å²) in [7, 11) is 0. The van der Waals surface area contributed by atoms with Gasteiger partial charge in [-0.2, -0.15) is 0 Å². The summed E-state index contributed by atoms with van der Waals surface area (Å²) >= 11 is 0. The molecule has 1 aliphatic carbocycles. The zero-order chi connectivity index (χ0) is 13.2. The summed E-state index contributed by atoms with van der Waals surface area (Å²) in [5.74, 6) is -1.05. The largest absolute Gasteiger partial charge is 0.444 e. The van der Waals surface area contributed by atoms with Crippen LogP contribution < -0.4 is 11.1 Å². The molecule has 92 valence electrons. The maximum Gasteiger partial charge on any atom is 0.412 e. The van der Waals surface area contributed by atoms with Gasteiger partial charge in [0.15, 0.2) is 0 Å². The number of hydrogen-bond donors (Lipinski definition) is 2. The average molecular weight is 238 g/mol. The van der Waals surface area contributed by atoms with E-state index in [0.29, 0.717) is 0 Å². The quantitative estimate of drug-likeness (QED) is 0.644. The van der Waals surface area contributed by atoms with Crippen molar-refractivity contribution in [2.45, 2.75) is 26.4 Å². The molecule has 0 atom stereocenters. The fourth-order valence-corrected chi connectivity index (χ4v) is 1.09. The standard InChI is InChI=1S/C11H14N2O4/c1-11(2,3)17-10(16)13-7-5-8(14)6(12)4-9(7)15/h4-5H,12H2,1-3H3,(H,13,16). The van der Waals surface area contributed by atoms with Crippen LogP contribution in [0, 0.1) is 0 Å². The molecule has 3 N–H and O–H groups in total. The Hall–Kier alpha value is -2.11. The van der Waals surface area contributed by atoms with Crippen LogP contribution in [0.15, 0.2) is 23.5 Å². The van der Waals surface area contributed by atoms with Crippen LogP contribution in [0.3, 0.4) is 0 Å². The molecule has 6 nitrogen and oxygen atoms in total. The zero-order valence-corrected chi connectivity index (χ0v) is 9.87. The third kappa shape index (κ3) is 3.75. The van der Waals surface area contributed by atoms with Crippen LogP contribution in [-0.2, 0) is 14.3 Å². The number of nitrogens with one attached hydrogen (secondary N) is 1. The lowest BCUT2D eigenvalue weighted by molar-refractivity contribution is -0.115. The lowest BCUT2D eigenvalue weighted by Gasteiger charge is -2.20. The number of hydrogen-bond acceptors (Lipinski definition) is 5. The maximum absolute atomic E-state index is 11.4. The van der Waals surface area contributed by atoms with Crippen molar-refractivity contribution < 1.29 is 19.1 Å². The summed E-state index contributed by atoms with van der Waals surface area (Å²) < 4.78 is 4.94. The van der Waals surface area contributed by atoms with Gasteiger partial charge >= 0.3 is 6.09 Å². The highest BCUT2D eigenvalue weighted by atomic mass is 16.6. The van der Waals surface area contributed by atoms with E-state index in [9.17, 15) is 14.4 Å². The highest BCUT2D eigenvalue weighted by Gasteiger charge is 2.22. The summed E-state index contributed by atoms with van der Waals surface area (Å²) in [6.07, 6.45) is 1.15. The number of carbonyl (C=O) groups is 3. The van der Waals surface area contributed by atoms with E-state index in [0.717, 1.165) is 12.2 Å². The average Bonchev–Trinajstić information content (AvgIpc) is 2.11. The normalized spacial score (nSPS) is 16.2. The Bertz CT molecular complexity index is 441. The maximum atomic E-state index is 11.4. The Balaban J connectivity index is 2.71. The second kappa shape index (κ2) is 4.40. The third-order valence-corrected chi connectivity index (χ3v) is 1.75. The van der Waals surface area contributed by atoms with Gasteiger partial charge in [-0.15, -0.1) is 0 Å². The number of rotatable bonds is 1. The molecule has 0 saturated heterocycles. The Labute approximate surface area is 98.5 Å². The van der Waals surface area contributed by atoms with Gasteiger partial charge in [0.25, 0.3) is 0 Å². The van der Waals surface area contributed by atoms with Crippen LogP contribution in [0.5, 0.6) is 0 Å². The molecule has 0 spiro atoms. The minimum Gasteiger partial charge on any atom is -0.444 e. The molecule has 0 aromatic heterocycles. The highest BCUT2D eigenvalue weighted by Crippen LogP contribution is 2.09. The summed E-state index contributed by atoms with van der Waals surface area (Å²) in [4.78, 5) is 34.0. The van der Waals surface area contributed by atoms with Crippen molar-refractivity contribution in [1.29, 1.82) is 0 Å². The topological polar surface area (TPSA) is 98.5 Å². The molecule has 0 aliphatic heterocycles. The smallest absolute Gasteiger partial charge is 0.412 e. The van der Waals surface area contributed by atoms with Crippen molar-refractivity contribution in [1.82, 2.24) is 5.32 Å². The van der Waals surface area contributed by atoms with Gasteiger partial charge < -0.3 is 10.5 Å². The van der Waals surface area contributed by atoms with Crippen molar-refractivity contribution in [3.05, 3.63) is 23.5 Å². The van der Waals surface area contributed by atoms with E-state index in [1.165, 1.54) is 0 Å². The van der Waals surface area contributed by atoms with E-state index in [1.807, 2.05) is 0 Å². The molecule has 1 aliphatic rings. The molecule has 0 aromatic rings. The number of ether oxygens (including phenoxy) is 1. The van der Waals surface area contributed by atoms with E-state index in [4.69, 9.17) is 10.5 Å². The first kappa shape index (κ1) is 13.0. The number of amides is 1. The zero-order valence-electron chi connectivity index (χ0n) is 9.87. The second-order valence-corrected chi connectivity index (χ2v) is 4.51. The molecule has 17 heavy (non-hydrogen) atoms. The van der Waals surface area contributed by atoms with Gasteiger partial charge in [-0.05, 0) is 20.8 Å². The van der Waals surface area contributed by atoms with Gasteiger partial charge in [0.2, 0.25) is 11.6 Å². The molecule has 0 fully saturated rings. The van der Waals surface area contributed by atoms with Crippen molar-refractivity contribution in [3.8, 4) is 0 Å². The molecular weight excluding hydrogens is 224 g/mol. The molecule has 0 heterocycles. The van der Waals surface area contributed by atoms with E-state index < -0.39 is 23.3 Å². The summed E-state index contributed by atoms with van der Waals surface area (Å²) in [5.41, 5.74) is 4.30. The van der Waals surface area contributed by atoms with Crippen molar-refractivity contribution in [2.24, 2.45) is 5.73 Å². The third-order valence-electron chi connectivity index (χ3n) is 1.75. The Morgan fingerprint density at radius 2 is 1.82 bits per heavy atom. The van der Waals surface area contributed by atoms with E-state index >= 15 is 0 Å². The van der Waals surface area contributed by atoms with Crippen molar-refractivity contribution in [2.75, 3.05) is 0 Å². The number of allylic oxidation sites excluding steroid dienone is 2. The van der Waals surface area contributed by atoms with Crippen LogP contribution in [0.2, 0.25) is 0 Å². The summed E-state index contributed by atoms with van der Waals surface area (Å²) in [6.45, 7) is 5.06. The number of alkyl carbamates (subject to hydrolysis) is 1. The second-order valence-electron chi connectivity index (χ2n) is 4.51. The monoisotopic (exact) mass is 238 g/mol. The summed E-state index contributed by atoms with van der Waals surface area (Å²) in [5, 5.41) is 2.21. The lowest BCUT2D eigenvalue weighted by Crippen LogP contribution is -2.35. The predicted molar refractivity (Wildman–Crippen MR) is 59.7 cm³/mol. The van der Waals surface area contributed by atoms with Crippen molar-refractivity contribution in [3.63, 3.8) is 0 Å². The van der Waals surface area contributed by atoms with Crippen LogP contribution in [-0.4, -0.2) is 23.3 Å². The highest BCUT2D eigenvalue weighted by molar-refractivity contribution is 6.20. The van der Waals surface area contributed by atoms with Crippen LogP contribution in [0.1, 0.15) is 20.8 Å². The lowest BCUT2D eigenvalue weighted by atomic mass is 10.1.